The van der Waals surface area contributed by atoms with E-state index in [1.165, 1.54) is 6.33 Å². The first-order valence-electron chi connectivity index (χ1n) is 4.95. The fraction of sp³-hybridized carbons (Fsp3) is 0.667. The minimum Gasteiger partial charge on any atom is -0.346 e. The first-order chi connectivity index (χ1) is 7.15. The summed E-state index contributed by atoms with van der Waals surface area (Å²) in [6, 6.07) is -0.140. The normalized spacial score (nSPS) is 14.6. The molecule has 0 aliphatic carbocycles. The Hall–Kier alpha value is -1.43. The zero-order chi connectivity index (χ0) is 11.3. The molecule has 1 heterocycles. The van der Waals surface area contributed by atoms with Gasteiger partial charge in [-0.05, 0) is 14.0 Å². The van der Waals surface area contributed by atoms with Gasteiger partial charge in [0.1, 0.15) is 12.2 Å². The number of aromatic nitrogens is 3. The van der Waals surface area contributed by atoms with Crippen LogP contribution in [-0.4, -0.2) is 34.7 Å². The molecule has 0 fully saturated rings. The van der Waals surface area contributed by atoms with Crippen molar-refractivity contribution in [2.75, 3.05) is 13.6 Å². The lowest BCUT2D eigenvalue weighted by atomic mass is 10.1. The smallest absolute Gasteiger partial charge is 0.224 e. The average Bonchev–Trinajstić information content (AvgIpc) is 2.70. The summed E-state index contributed by atoms with van der Waals surface area (Å²) in [5.74, 6) is 0.619. The van der Waals surface area contributed by atoms with Crippen LogP contribution < -0.4 is 10.6 Å². The zero-order valence-corrected chi connectivity index (χ0v) is 9.24. The van der Waals surface area contributed by atoms with Crippen molar-refractivity contribution in [2.45, 2.75) is 19.9 Å². The van der Waals surface area contributed by atoms with Crippen LogP contribution in [0.25, 0.3) is 0 Å². The van der Waals surface area contributed by atoms with Crippen molar-refractivity contribution < 1.29 is 4.79 Å². The van der Waals surface area contributed by atoms with Crippen molar-refractivity contribution in [1.82, 2.24) is 25.8 Å². The first kappa shape index (κ1) is 11.6. The van der Waals surface area contributed by atoms with Crippen molar-refractivity contribution in [1.29, 1.82) is 0 Å². The average molecular weight is 211 g/mol. The summed E-state index contributed by atoms with van der Waals surface area (Å²) in [7, 11) is 1.82. The number of nitrogens with one attached hydrogen (secondary N) is 3. The third-order valence-corrected chi connectivity index (χ3v) is 2.16. The van der Waals surface area contributed by atoms with Crippen LogP contribution in [0.1, 0.15) is 25.7 Å². The highest BCUT2D eigenvalue weighted by molar-refractivity contribution is 5.78. The lowest BCUT2D eigenvalue weighted by molar-refractivity contribution is -0.125. The molecular weight excluding hydrogens is 194 g/mol. The lowest BCUT2D eigenvalue weighted by Crippen LogP contribution is -2.36. The van der Waals surface area contributed by atoms with Crippen LogP contribution in [-0.2, 0) is 4.79 Å². The van der Waals surface area contributed by atoms with E-state index in [1.54, 1.807) is 0 Å². The molecule has 0 bridgehead atoms. The Morgan fingerprint density at radius 1 is 1.60 bits per heavy atom. The van der Waals surface area contributed by atoms with Crippen molar-refractivity contribution >= 4 is 5.91 Å². The number of H-pyrrole nitrogens is 1. The molecule has 1 aromatic heterocycles. The van der Waals surface area contributed by atoms with E-state index in [9.17, 15) is 4.79 Å². The van der Waals surface area contributed by atoms with E-state index >= 15 is 0 Å². The van der Waals surface area contributed by atoms with Gasteiger partial charge in [-0.2, -0.15) is 5.10 Å². The number of nitrogens with zero attached hydrogens (tertiary/aromatic N) is 2. The largest absolute Gasteiger partial charge is 0.346 e. The minimum absolute atomic E-state index is 0.00764. The quantitative estimate of drug-likeness (QED) is 0.632. The minimum atomic E-state index is -0.140. The van der Waals surface area contributed by atoms with Crippen molar-refractivity contribution in [3.05, 3.63) is 12.2 Å². The third kappa shape index (κ3) is 3.32. The zero-order valence-electron chi connectivity index (χ0n) is 9.24. The third-order valence-electron chi connectivity index (χ3n) is 2.16. The van der Waals surface area contributed by atoms with E-state index in [0.29, 0.717) is 12.4 Å². The van der Waals surface area contributed by atoms with E-state index in [0.717, 1.165) is 0 Å². The van der Waals surface area contributed by atoms with Gasteiger partial charge in [0.2, 0.25) is 5.91 Å². The molecule has 3 N–H and O–H groups in total. The van der Waals surface area contributed by atoms with Crippen LogP contribution in [0.5, 0.6) is 0 Å². The molecule has 0 radical (unpaired) electrons. The maximum atomic E-state index is 11.6. The van der Waals surface area contributed by atoms with Gasteiger partial charge in [-0.1, -0.05) is 6.92 Å². The molecule has 15 heavy (non-hydrogen) atoms. The van der Waals surface area contributed by atoms with Gasteiger partial charge in [-0.3, -0.25) is 9.89 Å². The summed E-state index contributed by atoms with van der Waals surface area (Å²) >= 11 is 0. The molecule has 0 saturated carbocycles. The van der Waals surface area contributed by atoms with Crippen molar-refractivity contribution in [3.63, 3.8) is 0 Å². The van der Waals surface area contributed by atoms with Crippen LogP contribution in [0.2, 0.25) is 0 Å². The highest BCUT2D eigenvalue weighted by Gasteiger charge is 2.16. The summed E-state index contributed by atoms with van der Waals surface area (Å²) in [4.78, 5) is 15.6. The van der Waals surface area contributed by atoms with Gasteiger partial charge in [-0.15, -0.1) is 0 Å². The maximum Gasteiger partial charge on any atom is 0.224 e. The SMILES string of the molecule is CNCC(C)C(=O)NC(C)c1ncn[nH]1. The topological polar surface area (TPSA) is 82.7 Å². The van der Waals surface area contributed by atoms with Crippen LogP contribution in [0.15, 0.2) is 6.33 Å². The van der Waals surface area contributed by atoms with Crippen LogP contribution in [0, 0.1) is 5.92 Å². The van der Waals surface area contributed by atoms with Gasteiger partial charge < -0.3 is 10.6 Å². The standard InChI is InChI=1S/C9H17N5O/c1-6(4-10-3)9(15)13-7(2)8-11-5-12-14-8/h5-7,10H,4H2,1-3H3,(H,13,15)(H,11,12,14). The Bertz CT molecular complexity index is 297. The molecule has 2 atom stereocenters. The van der Waals surface area contributed by atoms with Gasteiger partial charge in [0.05, 0.1) is 6.04 Å². The van der Waals surface area contributed by atoms with Crippen LogP contribution in [0.4, 0.5) is 0 Å². The Balaban J connectivity index is 2.44. The van der Waals surface area contributed by atoms with Crippen molar-refractivity contribution in [3.8, 4) is 0 Å². The molecule has 6 heteroatoms. The highest BCUT2D eigenvalue weighted by Crippen LogP contribution is 2.05. The molecule has 6 nitrogen and oxygen atoms in total. The summed E-state index contributed by atoms with van der Waals surface area (Å²) in [6.45, 7) is 4.40. The fourth-order valence-electron chi connectivity index (χ4n) is 1.25. The van der Waals surface area contributed by atoms with Crippen LogP contribution in [0.3, 0.4) is 0 Å². The number of carbonyl (C=O) groups excluding carboxylic acids is 1. The summed E-state index contributed by atoms with van der Waals surface area (Å²) in [5, 5.41) is 12.3. The highest BCUT2D eigenvalue weighted by atomic mass is 16.1. The molecule has 1 rings (SSSR count). The van der Waals surface area contributed by atoms with Crippen LogP contribution >= 0.6 is 0 Å². The Labute approximate surface area is 88.9 Å². The Morgan fingerprint density at radius 2 is 2.33 bits per heavy atom. The number of hydrogen-bond acceptors (Lipinski definition) is 4. The number of rotatable bonds is 5. The number of carbonyl (C=O) groups is 1. The summed E-state index contributed by atoms with van der Waals surface area (Å²) in [5.41, 5.74) is 0. The van der Waals surface area contributed by atoms with Gasteiger partial charge in [0.15, 0.2) is 0 Å². The molecule has 0 saturated heterocycles. The molecule has 0 aromatic carbocycles. The molecule has 0 spiro atoms. The Morgan fingerprint density at radius 3 is 2.87 bits per heavy atom. The summed E-state index contributed by atoms with van der Waals surface area (Å²) < 4.78 is 0. The number of aromatic amines is 1. The molecule has 0 aliphatic heterocycles. The van der Waals surface area contributed by atoms with E-state index in [1.807, 2.05) is 20.9 Å². The molecule has 84 valence electrons. The van der Waals surface area contributed by atoms with Gasteiger partial charge in [-0.25, -0.2) is 4.98 Å². The predicted molar refractivity (Wildman–Crippen MR) is 56.0 cm³/mol. The molecule has 0 aliphatic rings. The van der Waals surface area contributed by atoms with E-state index in [2.05, 4.69) is 25.8 Å². The first-order valence-corrected chi connectivity index (χ1v) is 4.95. The monoisotopic (exact) mass is 211 g/mol. The molecule has 1 aromatic rings. The molecular formula is C9H17N5O. The predicted octanol–water partition coefficient (Wildman–Crippen LogP) is -0.163. The number of amides is 1. The molecule has 2 unspecified atom stereocenters. The van der Waals surface area contributed by atoms with E-state index < -0.39 is 0 Å². The second-order valence-electron chi connectivity index (χ2n) is 3.56. The summed E-state index contributed by atoms with van der Waals surface area (Å²) in [6.07, 6.45) is 1.43. The van der Waals surface area contributed by atoms with Crippen molar-refractivity contribution in [2.24, 2.45) is 5.92 Å². The maximum absolute atomic E-state index is 11.6. The fourth-order valence-corrected chi connectivity index (χ4v) is 1.25. The number of hydrogen-bond donors (Lipinski definition) is 3. The van der Waals surface area contributed by atoms with Gasteiger partial charge in [0, 0.05) is 12.5 Å². The second-order valence-corrected chi connectivity index (χ2v) is 3.56. The second kappa shape index (κ2) is 5.45. The lowest BCUT2D eigenvalue weighted by Gasteiger charge is -2.15. The van der Waals surface area contributed by atoms with E-state index in [4.69, 9.17) is 0 Å². The van der Waals surface area contributed by atoms with E-state index in [-0.39, 0.29) is 17.9 Å². The van der Waals surface area contributed by atoms with Gasteiger partial charge in [0.25, 0.3) is 0 Å². The Kier molecular flexibility index (Phi) is 4.23. The molecule has 1 amide bonds. The van der Waals surface area contributed by atoms with Gasteiger partial charge >= 0.3 is 0 Å².